The molecule has 1 aliphatic carbocycles. The fraction of sp³-hybridized carbons (Fsp3) is 0.429. The van der Waals surface area contributed by atoms with Crippen molar-refractivity contribution in [3.63, 3.8) is 0 Å². The smallest absolute Gasteiger partial charge is 0.434 e. The molecular weight excluding hydrogens is 327 g/mol. The van der Waals surface area contributed by atoms with E-state index < -0.39 is 23.3 Å². The van der Waals surface area contributed by atoms with Gasteiger partial charge in [0.2, 0.25) is 5.88 Å². The van der Waals surface area contributed by atoms with Gasteiger partial charge in [-0.15, -0.1) is 10.2 Å². The monoisotopic (exact) mass is 341 g/mol. The van der Waals surface area contributed by atoms with Gasteiger partial charge in [0.15, 0.2) is 11.5 Å². The molecule has 128 valence electrons. The van der Waals surface area contributed by atoms with Gasteiger partial charge in [-0.3, -0.25) is 4.79 Å². The lowest BCUT2D eigenvalue weighted by molar-refractivity contribution is -0.143. The van der Waals surface area contributed by atoms with Crippen molar-refractivity contribution in [1.29, 1.82) is 0 Å². The third kappa shape index (κ3) is 3.31. The minimum absolute atomic E-state index is 0.155. The molecule has 0 aromatic carbocycles. The number of amides is 1. The van der Waals surface area contributed by atoms with E-state index in [0.717, 1.165) is 19.0 Å². The maximum absolute atomic E-state index is 13.4. The van der Waals surface area contributed by atoms with Crippen molar-refractivity contribution in [1.82, 2.24) is 25.3 Å². The molecule has 1 amide bonds. The molecule has 10 heteroatoms. The summed E-state index contributed by atoms with van der Waals surface area (Å²) in [6.07, 6.45) is -1.93. The molecule has 1 N–H and O–H groups in total. The van der Waals surface area contributed by atoms with Crippen LogP contribution in [0.4, 0.5) is 13.2 Å². The minimum Gasteiger partial charge on any atom is -0.480 e. The number of rotatable bonds is 5. The number of nitrogens with zero attached hydrogens (tertiary/aromatic N) is 4. The fourth-order valence-electron chi connectivity index (χ4n) is 2.15. The number of carbonyl (C=O) groups is 1. The van der Waals surface area contributed by atoms with Crippen molar-refractivity contribution in [3.8, 4) is 11.7 Å². The Labute approximate surface area is 134 Å². The largest absolute Gasteiger partial charge is 0.480 e. The van der Waals surface area contributed by atoms with Gasteiger partial charge in [-0.2, -0.15) is 18.3 Å². The van der Waals surface area contributed by atoms with Gasteiger partial charge in [-0.1, -0.05) is 0 Å². The minimum atomic E-state index is -4.77. The Morgan fingerprint density at radius 1 is 1.38 bits per heavy atom. The van der Waals surface area contributed by atoms with E-state index in [1.807, 2.05) is 0 Å². The first-order chi connectivity index (χ1) is 11.4. The zero-order chi connectivity index (χ0) is 17.3. The summed E-state index contributed by atoms with van der Waals surface area (Å²) in [4.78, 5) is 12.1. The Morgan fingerprint density at radius 2 is 2.12 bits per heavy atom. The number of hydrogen-bond acceptors (Lipinski definition) is 5. The Bertz CT molecular complexity index is 738. The first-order valence-electron chi connectivity index (χ1n) is 7.21. The molecule has 2 aromatic rings. The van der Waals surface area contributed by atoms with Crippen molar-refractivity contribution < 1.29 is 22.7 Å². The van der Waals surface area contributed by atoms with Gasteiger partial charge in [0.25, 0.3) is 5.91 Å². The van der Waals surface area contributed by atoms with Gasteiger partial charge in [-0.25, -0.2) is 4.68 Å². The second kappa shape index (κ2) is 6.10. The summed E-state index contributed by atoms with van der Waals surface area (Å²) in [6.45, 7) is 0.365. The maximum atomic E-state index is 13.4. The van der Waals surface area contributed by atoms with E-state index >= 15 is 0 Å². The topological polar surface area (TPSA) is 81.9 Å². The fourth-order valence-corrected chi connectivity index (χ4v) is 2.15. The average molecular weight is 341 g/mol. The predicted molar refractivity (Wildman–Crippen MR) is 75.8 cm³/mol. The lowest BCUT2D eigenvalue weighted by atomic mass is 10.2. The van der Waals surface area contributed by atoms with Crippen LogP contribution in [-0.2, 0) is 6.18 Å². The average Bonchev–Trinajstić information content (AvgIpc) is 3.27. The normalized spacial score (nSPS) is 14.5. The molecule has 2 heterocycles. The molecule has 0 atom stereocenters. The van der Waals surface area contributed by atoms with Gasteiger partial charge in [0.1, 0.15) is 0 Å². The first kappa shape index (κ1) is 16.2. The number of halogens is 3. The number of nitrogens with one attached hydrogen (secondary N) is 1. The first-order valence-corrected chi connectivity index (χ1v) is 7.21. The van der Waals surface area contributed by atoms with Crippen LogP contribution in [0.25, 0.3) is 5.82 Å². The highest BCUT2D eigenvalue weighted by Crippen LogP contribution is 2.33. The van der Waals surface area contributed by atoms with Crippen molar-refractivity contribution in [2.45, 2.75) is 19.0 Å². The maximum Gasteiger partial charge on any atom is 0.434 e. The Hall–Kier alpha value is -2.65. The van der Waals surface area contributed by atoms with E-state index in [2.05, 4.69) is 20.6 Å². The second-order valence-corrected chi connectivity index (χ2v) is 5.40. The van der Waals surface area contributed by atoms with Crippen LogP contribution in [0.2, 0.25) is 0 Å². The Balaban J connectivity index is 1.95. The van der Waals surface area contributed by atoms with Gasteiger partial charge in [-0.05, 0) is 24.8 Å². The molecule has 3 rings (SSSR count). The summed E-state index contributed by atoms with van der Waals surface area (Å²) < 4.78 is 45.7. The lowest BCUT2D eigenvalue weighted by Gasteiger charge is -2.12. The second-order valence-electron chi connectivity index (χ2n) is 5.40. The number of carbonyl (C=O) groups excluding carboxylic acids is 1. The van der Waals surface area contributed by atoms with Crippen LogP contribution in [0.5, 0.6) is 5.88 Å². The van der Waals surface area contributed by atoms with Crippen LogP contribution >= 0.6 is 0 Å². The Morgan fingerprint density at radius 3 is 2.67 bits per heavy atom. The number of ether oxygens (including phenoxy) is 1. The van der Waals surface area contributed by atoms with Crippen LogP contribution in [0.3, 0.4) is 0 Å². The summed E-state index contributed by atoms with van der Waals surface area (Å²) in [5.41, 5.74) is -1.73. The van der Waals surface area contributed by atoms with Crippen molar-refractivity contribution in [2.24, 2.45) is 5.92 Å². The van der Waals surface area contributed by atoms with Crippen molar-refractivity contribution in [3.05, 3.63) is 29.6 Å². The summed E-state index contributed by atoms with van der Waals surface area (Å²) in [7, 11) is 1.36. The summed E-state index contributed by atoms with van der Waals surface area (Å²) in [5.74, 6) is -0.459. The molecule has 24 heavy (non-hydrogen) atoms. The highest BCUT2D eigenvalue weighted by atomic mass is 19.4. The highest BCUT2D eigenvalue weighted by Gasteiger charge is 2.41. The van der Waals surface area contributed by atoms with E-state index in [1.165, 1.54) is 19.2 Å². The molecule has 1 fully saturated rings. The van der Waals surface area contributed by atoms with Gasteiger partial charge in [0.05, 0.1) is 18.9 Å². The zero-order valence-electron chi connectivity index (χ0n) is 12.7. The molecule has 2 aromatic heterocycles. The van der Waals surface area contributed by atoms with Crippen LogP contribution in [-0.4, -0.2) is 39.5 Å². The molecule has 0 radical (unpaired) electrons. The molecule has 7 nitrogen and oxygen atoms in total. The standard InChI is InChI=1S/C14H14F3N5O2/c1-24-11-5-4-10(20-21-11)22-12(14(15,16)17)9(7-19-22)13(23)18-6-8-2-3-8/h4-5,7-8H,2-3,6H2,1H3,(H,18,23). The summed E-state index contributed by atoms with van der Waals surface area (Å²) in [6, 6.07) is 2.64. The van der Waals surface area contributed by atoms with Crippen molar-refractivity contribution >= 4 is 5.91 Å². The molecular formula is C14H14F3N5O2. The zero-order valence-corrected chi connectivity index (χ0v) is 12.7. The van der Waals surface area contributed by atoms with Crippen molar-refractivity contribution in [2.75, 3.05) is 13.7 Å². The SMILES string of the molecule is COc1ccc(-n2ncc(C(=O)NCC3CC3)c2C(F)(F)F)nn1. The van der Waals surface area contributed by atoms with Crippen LogP contribution in [0, 0.1) is 5.92 Å². The Kier molecular flexibility index (Phi) is 4.12. The van der Waals surface area contributed by atoms with Gasteiger partial charge in [0, 0.05) is 12.6 Å². The molecule has 0 spiro atoms. The predicted octanol–water partition coefficient (Wildman–Crippen LogP) is 1.83. The van der Waals surface area contributed by atoms with E-state index in [1.54, 1.807) is 0 Å². The highest BCUT2D eigenvalue weighted by molar-refractivity contribution is 5.95. The van der Waals surface area contributed by atoms with Crippen LogP contribution in [0.15, 0.2) is 18.3 Å². The number of methoxy groups -OCH3 is 1. The van der Waals surface area contributed by atoms with Gasteiger partial charge >= 0.3 is 6.18 Å². The van der Waals surface area contributed by atoms with E-state index in [4.69, 9.17) is 4.74 Å². The quantitative estimate of drug-likeness (QED) is 0.897. The number of alkyl halides is 3. The van der Waals surface area contributed by atoms with E-state index in [-0.39, 0.29) is 11.7 Å². The molecule has 1 aliphatic rings. The summed E-state index contributed by atoms with van der Waals surface area (Å²) >= 11 is 0. The molecule has 0 aliphatic heterocycles. The summed E-state index contributed by atoms with van der Waals surface area (Å²) in [5, 5.41) is 13.4. The number of aromatic nitrogens is 4. The molecule has 0 unspecified atom stereocenters. The van der Waals surface area contributed by atoms with E-state index in [0.29, 0.717) is 17.1 Å². The molecule has 0 bridgehead atoms. The molecule has 0 saturated heterocycles. The van der Waals surface area contributed by atoms with Crippen LogP contribution in [0.1, 0.15) is 28.9 Å². The molecule has 1 saturated carbocycles. The van der Waals surface area contributed by atoms with E-state index in [9.17, 15) is 18.0 Å². The van der Waals surface area contributed by atoms with Crippen LogP contribution < -0.4 is 10.1 Å². The third-order valence-corrected chi connectivity index (χ3v) is 3.58. The lowest BCUT2D eigenvalue weighted by Crippen LogP contribution is -2.28. The van der Waals surface area contributed by atoms with Gasteiger partial charge < -0.3 is 10.1 Å². The number of hydrogen-bond donors (Lipinski definition) is 1. The third-order valence-electron chi connectivity index (χ3n) is 3.58.